The molecule has 0 unspecified atom stereocenters. The van der Waals surface area contributed by atoms with Gasteiger partial charge >= 0.3 is 0 Å². The Bertz CT molecular complexity index is 864. The number of nitrogens with one attached hydrogen (secondary N) is 1. The molecule has 1 aromatic carbocycles. The minimum Gasteiger partial charge on any atom is -0.352 e. The molecule has 0 fully saturated rings. The van der Waals surface area contributed by atoms with Gasteiger partial charge in [0.05, 0.1) is 16.2 Å². The number of nitrogens with zero attached hydrogens (tertiary/aromatic N) is 2. The third-order valence-corrected chi connectivity index (χ3v) is 5.21. The van der Waals surface area contributed by atoms with Gasteiger partial charge in [-0.05, 0) is 37.5 Å². The van der Waals surface area contributed by atoms with E-state index in [4.69, 9.17) is 11.6 Å². The lowest BCUT2D eigenvalue weighted by Gasteiger charge is -2.17. The normalized spacial score (nSPS) is 12.3. The van der Waals surface area contributed by atoms with Crippen LogP contribution in [-0.4, -0.2) is 27.3 Å². The molecular formula is C19H24ClN3O2S. The van der Waals surface area contributed by atoms with Crippen molar-refractivity contribution >= 4 is 40.2 Å². The standard InChI is InChI=1S/C19H24ClN3O2S/c1-5-9-21-17(24)13(4)26-19-22-16-11-14(20)6-7-15(16)18(25)23(19)10-8-12(2)3/h5-7,11-13H,1,8-10H2,2-4H3,(H,21,24)/t13-/m0/s1. The minimum atomic E-state index is -0.385. The number of halogens is 1. The molecule has 2 aromatic rings. The van der Waals surface area contributed by atoms with Gasteiger partial charge in [-0.15, -0.1) is 6.58 Å². The number of benzene rings is 1. The van der Waals surface area contributed by atoms with E-state index in [2.05, 4.69) is 30.7 Å². The van der Waals surface area contributed by atoms with E-state index in [1.165, 1.54) is 11.8 Å². The molecule has 5 nitrogen and oxygen atoms in total. The number of carbonyl (C=O) groups excluding carboxylic acids is 1. The van der Waals surface area contributed by atoms with Crippen LogP contribution in [0.5, 0.6) is 0 Å². The maximum absolute atomic E-state index is 12.9. The van der Waals surface area contributed by atoms with Crippen LogP contribution in [0.15, 0.2) is 40.8 Å². The highest BCUT2D eigenvalue weighted by Crippen LogP contribution is 2.24. The summed E-state index contributed by atoms with van der Waals surface area (Å²) in [5.74, 6) is 0.333. The average Bonchev–Trinajstić information content (AvgIpc) is 2.58. The summed E-state index contributed by atoms with van der Waals surface area (Å²) in [4.78, 5) is 29.7. The Hall–Kier alpha value is -1.79. The molecule has 1 N–H and O–H groups in total. The summed E-state index contributed by atoms with van der Waals surface area (Å²) in [6, 6.07) is 5.07. The minimum absolute atomic E-state index is 0.103. The lowest BCUT2D eigenvalue weighted by Crippen LogP contribution is -2.32. The van der Waals surface area contributed by atoms with Crippen LogP contribution in [0.25, 0.3) is 10.9 Å². The molecule has 0 saturated heterocycles. The summed E-state index contributed by atoms with van der Waals surface area (Å²) in [5.41, 5.74) is 0.443. The molecule has 7 heteroatoms. The Morgan fingerprint density at radius 1 is 1.42 bits per heavy atom. The molecule has 0 saturated carbocycles. The molecule has 0 spiro atoms. The van der Waals surface area contributed by atoms with E-state index in [9.17, 15) is 9.59 Å². The van der Waals surface area contributed by atoms with E-state index in [0.29, 0.717) is 40.1 Å². The van der Waals surface area contributed by atoms with Gasteiger partial charge in [-0.3, -0.25) is 14.2 Å². The molecule has 26 heavy (non-hydrogen) atoms. The molecule has 0 aliphatic carbocycles. The Balaban J connectivity index is 2.43. The molecule has 140 valence electrons. The van der Waals surface area contributed by atoms with Gasteiger partial charge in [0.2, 0.25) is 5.91 Å². The van der Waals surface area contributed by atoms with Crippen molar-refractivity contribution in [2.24, 2.45) is 5.92 Å². The van der Waals surface area contributed by atoms with Crippen molar-refractivity contribution < 1.29 is 4.79 Å². The van der Waals surface area contributed by atoms with Gasteiger partial charge in [-0.1, -0.05) is 43.3 Å². The van der Waals surface area contributed by atoms with Gasteiger partial charge < -0.3 is 5.32 Å². The molecule has 1 amide bonds. The third-order valence-electron chi connectivity index (χ3n) is 3.88. The monoisotopic (exact) mass is 393 g/mol. The number of amides is 1. The molecule has 2 rings (SSSR count). The van der Waals surface area contributed by atoms with Crippen LogP contribution in [0.1, 0.15) is 27.2 Å². The van der Waals surface area contributed by atoms with E-state index in [-0.39, 0.29) is 16.7 Å². The third kappa shape index (κ3) is 5.11. The van der Waals surface area contributed by atoms with Gasteiger partial charge in [-0.25, -0.2) is 4.98 Å². The van der Waals surface area contributed by atoms with E-state index in [1.54, 1.807) is 35.8 Å². The van der Waals surface area contributed by atoms with Crippen LogP contribution in [0.4, 0.5) is 0 Å². The summed E-state index contributed by atoms with van der Waals surface area (Å²) in [5, 5.41) is 3.98. The number of hydrogen-bond acceptors (Lipinski definition) is 4. The Morgan fingerprint density at radius 2 is 2.15 bits per heavy atom. The van der Waals surface area contributed by atoms with Crippen molar-refractivity contribution in [3.63, 3.8) is 0 Å². The van der Waals surface area contributed by atoms with Gasteiger partial charge in [-0.2, -0.15) is 0 Å². The average molecular weight is 394 g/mol. The summed E-state index contributed by atoms with van der Waals surface area (Å²) in [7, 11) is 0. The van der Waals surface area contributed by atoms with Gasteiger partial charge in [0, 0.05) is 18.1 Å². The molecule has 1 aromatic heterocycles. The van der Waals surface area contributed by atoms with Crippen molar-refractivity contribution in [3.05, 3.63) is 46.2 Å². The Kier molecular flexibility index (Phi) is 7.29. The first-order valence-electron chi connectivity index (χ1n) is 8.58. The SMILES string of the molecule is C=CCNC(=O)[C@H](C)Sc1nc2cc(Cl)ccc2c(=O)n1CCC(C)C. The van der Waals surface area contributed by atoms with Crippen LogP contribution in [0, 0.1) is 5.92 Å². The maximum atomic E-state index is 12.9. The fourth-order valence-corrected chi connectivity index (χ4v) is 3.50. The molecule has 1 atom stereocenters. The fraction of sp³-hybridized carbons (Fsp3) is 0.421. The van der Waals surface area contributed by atoms with E-state index < -0.39 is 0 Å². The number of thioether (sulfide) groups is 1. The van der Waals surface area contributed by atoms with Crippen LogP contribution in [-0.2, 0) is 11.3 Å². The predicted octanol–water partition coefficient (Wildman–Crippen LogP) is 3.88. The number of rotatable bonds is 8. The highest BCUT2D eigenvalue weighted by atomic mass is 35.5. The van der Waals surface area contributed by atoms with Crippen LogP contribution in [0.2, 0.25) is 5.02 Å². The highest BCUT2D eigenvalue weighted by molar-refractivity contribution is 8.00. The Labute approximate surface area is 162 Å². The molecule has 0 aliphatic heterocycles. The molecule has 1 heterocycles. The number of carbonyl (C=O) groups is 1. The van der Waals surface area contributed by atoms with Gasteiger partial charge in [0.1, 0.15) is 0 Å². The van der Waals surface area contributed by atoms with Crippen molar-refractivity contribution in [2.75, 3.05) is 6.54 Å². The second-order valence-electron chi connectivity index (χ2n) is 6.49. The summed E-state index contributed by atoms with van der Waals surface area (Å²) < 4.78 is 1.66. The van der Waals surface area contributed by atoms with Crippen LogP contribution >= 0.6 is 23.4 Å². The molecular weight excluding hydrogens is 370 g/mol. The smallest absolute Gasteiger partial charge is 0.262 e. The quantitative estimate of drug-likeness (QED) is 0.420. The maximum Gasteiger partial charge on any atom is 0.262 e. The lowest BCUT2D eigenvalue weighted by molar-refractivity contribution is -0.120. The molecule has 0 bridgehead atoms. The van der Waals surface area contributed by atoms with Crippen molar-refractivity contribution in [1.29, 1.82) is 0 Å². The topological polar surface area (TPSA) is 64.0 Å². The molecule has 0 aliphatic rings. The summed E-state index contributed by atoms with van der Waals surface area (Å²) in [6.45, 7) is 10.6. The number of hydrogen-bond donors (Lipinski definition) is 1. The highest BCUT2D eigenvalue weighted by Gasteiger charge is 2.19. The first-order chi connectivity index (χ1) is 12.3. The number of aromatic nitrogens is 2. The van der Waals surface area contributed by atoms with Crippen molar-refractivity contribution in [1.82, 2.24) is 14.9 Å². The van der Waals surface area contributed by atoms with Gasteiger partial charge in [0.25, 0.3) is 5.56 Å². The zero-order chi connectivity index (χ0) is 19.3. The van der Waals surface area contributed by atoms with Gasteiger partial charge in [0.15, 0.2) is 5.16 Å². The van der Waals surface area contributed by atoms with E-state index >= 15 is 0 Å². The fourth-order valence-electron chi connectivity index (χ4n) is 2.38. The lowest BCUT2D eigenvalue weighted by atomic mass is 10.1. The zero-order valence-corrected chi connectivity index (χ0v) is 16.9. The first kappa shape index (κ1) is 20.5. The predicted molar refractivity (Wildman–Crippen MR) is 109 cm³/mol. The summed E-state index contributed by atoms with van der Waals surface area (Å²) >= 11 is 7.33. The largest absolute Gasteiger partial charge is 0.352 e. The summed E-state index contributed by atoms with van der Waals surface area (Å²) in [6.07, 6.45) is 2.48. The van der Waals surface area contributed by atoms with E-state index in [1.807, 2.05) is 0 Å². The second kappa shape index (κ2) is 9.24. The van der Waals surface area contributed by atoms with Crippen LogP contribution < -0.4 is 10.9 Å². The Morgan fingerprint density at radius 3 is 2.81 bits per heavy atom. The number of fused-ring (bicyclic) bond motifs is 1. The first-order valence-corrected chi connectivity index (χ1v) is 9.84. The van der Waals surface area contributed by atoms with E-state index in [0.717, 1.165) is 6.42 Å². The second-order valence-corrected chi connectivity index (χ2v) is 8.23. The molecule has 0 radical (unpaired) electrons. The van der Waals surface area contributed by atoms with Crippen molar-refractivity contribution in [2.45, 2.75) is 44.1 Å². The zero-order valence-electron chi connectivity index (χ0n) is 15.3. The van der Waals surface area contributed by atoms with Crippen molar-refractivity contribution in [3.8, 4) is 0 Å². The van der Waals surface area contributed by atoms with Crippen LogP contribution in [0.3, 0.4) is 0 Å².